The van der Waals surface area contributed by atoms with E-state index in [1.807, 2.05) is 13.8 Å². The van der Waals surface area contributed by atoms with Crippen LogP contribution < -0.4 is 15.0 Å². The predicted octanol–water partition coefficient (Wildman–Crippen LogP) is 3.44. The van der Waals surface area contributed by atoms with Crippen molar-refractivity contribution >= 4 is 5.82 Å². The zero-order valence-corrected chi connectivity index (χ0v) is 17.8. The number of aromatic nitrogens is 5. The van der Waals surface area contributed by atoms with Gasteiger partial charge >= 0.3 is 0 Å². The van der Waals surface area contributed by atoms with Gasteiger partial charge in [-0.05, 0) is 58.0 Å². The average molecular weight is 423 g/mol. The van der Waals surface area contributed by atoms with Gasteiger partial charge in [-0.1, -0.05) is 0 Å². The molecule has 4 heterocycles. The van der Waals surface area contributed by atoms with Crippen molar-refractivity contribution in [3.8, 4) is 22.9 Å². The van der Waals surface area contributed by atoms with Crippen LogP contribution >= 0.6 is 0 Å². The Morgan fingerprint density at radius 3 is 2.68 bits per heavy atom. The van der Waals surface area contributed by atoms with Crippen molar-refractivity contribution in [2.45, 2.75) is 32.7 Å². The van der Waals surface area contributed by atoms with Crippen LogP contribution in [-0.2, 0) is 0 Å². The molecular weight excluding hydrogens is 397 g/mol. The molecule has 1 N–H and O–H groups in total. The Morgan fingerprint density at radius 1 is 1.10 bits per heavy atom. The van der Waals surface area contributed by atoms with Crippen LogP contribution in [0.5, 0.6) is 11.5 Å². The molecule has 2 aliphatic heterocycles. The highest BCUT2D eigenvalue weighted by atomic mass is 19.1. The second-order valence-corrected chi connectivity index (χ2v) is 8.68. The van der Waals surface area contributed by atoms with Crippen molar-refractivity contribution in [1.29, 1.82) is 0 Å². The van der Waals surface area contributed by atoms with Crippen molar-refractivity contribution in [3.63, 3.8) is 0 Å². The zero-order chi connectivity index (χ0) is 21.4. The Bertz CT molecular complexity index is 1070. The minimum Gasteiger partial charge on any atom is -0.451 e. The first-order valence-corrected chi connectivity index (χ1v) is 10.7. The minimum absolute atomic E-state index is 0.0755. The number of benzene rings is 1. The second kappa shape index (κ2) is 7.88. The van der Waals surface area contributed by atoms with Crippen LogP contribution in [0, 0.1) is 11.2 Å². The topological polar surface area (TPSA) is 81.0 Å². The van der Waals surface area contributed by atoms with Crippen molar-refractivity contribution in [1.82, 2.24) is 30.0 Å². The first-order chi connectivity index (χ1) is 15.0. The van der Waals surface area contributed by atoms with E-state index in [1.54, 1.807) is 16.9 Å². The van der Waals surface area contributed by atoms with Crippen LogP contribution in [0.4, 0.5) is 10.2 Å². The molecule has 0 bridgehead atoms. The van der Waals surface area contributed by atoms with E-state index in [0.717, 1.165) is 32.0 Å². The zero-order valence-electron chi connectivity index (χ0n) is 17.8. The molecule has 1 aromatic carbocycles. The summed E-state index contributed by atoms with van der Waals surface area (Å²) in [6, 6.07) is 4.50. The maximum Gasteiger partial charge on any atom is 0.188 e. The van der Waals surface area contributed by atoms with Crippen molar-refractivity contribution < 1.29 is 9.13 Å². The summed E-state index contributed by atoms with van der Waals surface area (Å²) in [4.78, 5) is 15.2. The largest absolute Gasteiger partial charge is 0.451 e. The van der Waals surface area contributed by atoms with Crippen molar-refractivity contribution in [3.05, 3.63) is 42.9 Å². The third-order valence-corrected chi connectivity index (χ3v) is 6.14. The highest BCUT2D eigenvalue weighted by Gasteiger charge is 2.44. The summed E-state index contributed by atoms with van der Waals surface area (Å²) in [7, 11) is 0. The quantitative estimate of drug-likeness (QED) is 0.673. The molecule has 2 aliphatic rings. The van der Waals surface area contributed by atoms with Crippen LogP contribution in [0.3, 0.4) is 0 Å². The molecule has 0 radical (unpaired) electrons. The maximum atomic E-state index is 14.1. The van der Waals surface area contributed by atoms with Crippen LogP contribution in [0.1, 0.15) is 32.7 Å². The Kier molecular flexibility index (Phi) is 5.05. The van der Waals surface area contributed by atoms with E-state index in [1.165, 1.54) is 37.6 Å². The van der Waals surface area contributed by atoms with E-state index in [0.29, 0.717) is 28.3 Å². The van der Waals surface area contributed by atoms with Crippen LogP contribution in [0.25, 0.3) is 11.4 Å². The molecule has 0 unspecified atom stereocenters. The Hall–Kier alpha value is -3.07. The number of ether oxygens (including phenoxy) is 1. The molecule has 3 aromatic rings. The summed E-state index contributed by atoms with van der Waals surface area (Å²) in [5.41, 5.74) is 0.904. The Labute approximate surface area is 180 Å². The highest BCUT2D eigenvalue weighted by molar-refractivity contribution is 5.66. The molecule has 2 aromatic heterocycles. The van der Waals surface area contributed by atoms with Gasteiger partial charge < -0.3 is 15.0 Å². The molecular formula is C22H26FN7O. The van der Waals surface area contributed by atoms with E-state index in [2.05, 4.69) is 30.3 Å². The fraction of sp³-hybridized carbons (Fsp3) is 0.455. The van der Waals surface area contributed by atoms with Gasteiger partial charge in [-0.15, -0.1) is 0 Å². The number of piperidine rings is 1. The molecule has 0 amide bonds. The van der Waals surface area contributed by atoms with E-state index in [9.17, 15) is 4.39 Å². The van der Waals surface area contributed by atoms with Gasteiger partial charge in [0.15, 0.2) is 17.4 Å². The summed E-state index contributed by atoms with van der Waals surface area (Å²) >= 11 is 0. The summed E-state index contributed by atoms with van der Waals surface area (Å²) < 4.78 is 22.1. The second-order valence-electron chi connectivity index (χ2n) is 8.68. The van der Waals surface area contributed by atoms with Gasteiger partial charge in [-0.25, -0.2) is 24.0 Å². The fourth-order valence-electron chi connectivity index (χ4n) is 4.51. The van der Waals surface area contributed by atoms with Gasteiger partial charge in [0.1, 0.15) is 24.2 Å². The Morgan fingerprint density at radius 2 is 1.90 bits per heavy atom. The van der Waals surface area contributed by atoms with E-state index >= 15 is 0 Å². The molecule has 1 spiro atoms. The lowest BCUT2D eigenvalue weighted by Gasteiger charge is -2.53. The molecule has 8 nitrogen and oxygen atoms in total. The molecule has 2 fully saturated rings. The standard InChI is InChI=1S/C22H26FN7O/c1-15(2)30-20(27-14-28-30)17-9-16(23)3-4-18(17)31-19-10-25-13-26-21(19)29-11-22(12-29)5-7-24-8-6-22/h3-4,9-10,13-15,24H,5-8,11-12H2,1-2H3. The number of anilines is 1. The normalized spacial score (nSPS) is 17.7. The number of nitrogens with zero attached hydrogens (tertiary/aromatic N) is 6. The average Bonchev–Trinajstić information content (AvgIpc) is 3.24. The van der Waals surface area contributed by atoms with Crippen LogP contribution in [-0.4, -0.2) is 50.9 Å². The number of hydrogen-bond donors (Lipinski definition) is 1. The third kappa shape index (κ3) is 3.74. The maximum absolute atomic E-state index is 14.1. The SMILES string of the molecule is CC(C)n1ncnc1-c1cc(F)ccc1Oc1cncnc1N1CC2(CCNCC2)C1. The molecule has 5 rings (SSSR count). The van der Waals surface area contributed by atoms with E-state index < -0.39 is 0 Å². The van der Waals surface area contributed by atoms with E-state index in [-0.39, 0.29) is 11.9 Å². The smallest absolute Gasteiger partial charge is 0.188 e. The molecule has 9 heteroatoms. The fourth-order valence-corrected chi connectivity index (χ4v) is 4.51. The van der Waals surface area contributed by atoms with Gasteiger partial charge in [0.05, 0.1) is 11.8 Å². The van der Waals surface area contributed by atoms with Gasteiger partial charge in [0.2, 0.25) is 0 Å². The molecule has 0 atom stereocenters. The van der Waals surface area contributed by atoms with Gasteiger partial charge in [0.25, 0.3) is 0 Å². The lowest BCUT2D eigenvalue weighted by molar-refractivity contribution is 0.148. The summed E-state index contributed by atoms with van der Waals surface area (Å²) in [6.07, 6.45) is 7.03. The minimum atomic E-state index is -0.360. The van der Waals surface area contributed by atoms with Crippen LogP contribution in [0.2, 0.25) is 0 Å². The first-order valence-electron chi connectivity index (χ1n) is 10.7. The molecule has 0 saturated carbocycles. The van der Waals surface area contributed by atoms with Gasteiger partial charge in [0, 0.05) is 24.5 Å². The highest BCUT2D eigenvalue weighted by Crippen LogP contribution is 2.44. The monoisotopic (exact) mass is 423 g/mol. The summed E-state index contributed by atoms with van der Waals surface area (Å²) in [5.74, 6) is 2.00. The lowest BCUT2D eigenvalue weighted by atomic mass is 9.72. The molecule has 0 aliphatic carbocycles. The summed E-state index contributed by atoms with van der Waals surface area (Å²) in [6.45, 7) is 8.05. The third-order valence-electron chi connectivity index (χ3n) is 6.14. The van der Waals surface area contributed by atoms with Gasteiger partial charge in [-0.2, -0.15) is 5.10 Å². The van der Waals surface area contributed by atoms with Crippen molar-refractivity contribution in [2.75, 3.05) is 31.1 Å². The number of nitrogens with one attached hydrogen (secondary N) is 1. The summed E-state index contributed by atoms with van der Waals surface area (Å²) in [5, 5.41) is 7.71. The Balaban J connectivity index is 1.45. The molecule has 2 saturated heterocycles. The predicted molar refractivity (Wildman–Crippen MR) is 115 cm³/mol. The van der Waals surface area contributed by atoms with Gasteiger partial charge in [-0.3, -0.25) is 0 Å². The lowest BCUT2D eigenvalue weighted by Crippen LogP contribution is -2.60. The van der Waals surface area contributed by atoms with Crippen molar-refractivity contribution in [2.24, 2.45) is 5.41 Å². The van der Waals surface area contributed by atoms with Crippen LogP contribution in [0.15, 0.2) is 37.1 Å². The van der Waals surface area contributed by atoms with E-state index in [4.69, 9.17) is 4.74 Å². The number of hydrogen-bond acceptors (Lipinski definition) is 7. The number of rotatable bonds is 5. The number of halogens is 1. The first kappa shape index (κ1) is 19.9. The molecule has 31 heavy (non-hydrogen) atoms. The molecule has 162 valence electrons.